The van der Waals surface area contributed by atoms with Gasteiger partial charge in [0, 0.05) is 5.92 Å². The predicted octanol–water partition coefficient (Wildman–Crippen LogP) is 0.465. The van der Waals surface area contributed by atoms with Gasteiger partial charge in [0.05, 0.1) is 5.23 Å². The van der Waals surface area contributed by atoms with Gasteiger partial charge in [0.15, 0.2) is 11.2 Å². The summed E-state index contributed by atoms with van der Waals surface area (Å²) in [7, 11) is 0. The maximum absolute atomic E-state index is 12.7. The van der Waals surface area contributed by atoms with Gasteiger partial charge in [-0.3, -0.25) is 5.32 Å². The molecule has 0 aliphatic carbocycles. The average Bonchev–Trinajstić information content (AvgIpc) is 2.83. The highest BCUT2D eigenvalue weighted by molar-refractivity contribution is 7.98. The van der Waals surface area contributed by atoms with Crippen LogP contribution >= 0.6 is 23.5 Å². The number of thioether (sulfide) groups is 2. The molecule has 0 aromatic rings. The average molecular weight is 407 g/mol. The van der Waals surface area contributed by atoms with E-state index in [1.54, 1.807) is 23.5 Å². The zero-order chi connectivity index (χ0) is 19.6. The van der Waals surface area contributed by atoms with Crippen molar-refractivity contribution < 1.29 is 19.3 Å². The Morgan fingerprint density at radius 1 is 1.12 bits per heavy atom. The number of hydrogen-bond donors (Lipinski definition) is 3. The lowest BCUT2D eigenvalue weighted by Crippen LogP contribution is -2.82. The van der Waals surface area contributed by atoms with Crippen molar-refractivity contribution in [2.75, 3.05) is 30.6 Å². The molecule has 0 amide bonds. The van der Waals surface area contributed by atoms with E-state index in [-0.39, 0.29) is 0 Å². The molecule has 2 heterocycles. The summed E-state index contributed by atoms with van der Waals surface area (Å²) in [6, 6.07) is 0. The zero-order valence-electron chi connectivity index (χ0n) is 15.9. The van der Waals surface area contributed by atoms with Gasteiger partial charge in [0.2, 0.25) is 0 Å². The van der Waals surface area contributed by atoms with Gasteiger partial charge in [-0.1, -0.05) is 13.8 Å². The Kier molecular flexibility index (Phi) is 6.90. The molecule has 8 nitrogen and oxygen atoms in total. The SMILES string of the molecule is CCCNC12C(C)C(N)(CCSC)C(=O)ON1OC(=O)C2(N)CCSC. The minimum Gasteiger partial charge on any atom is -0.329 e. The molecule has 10 heteroatoms. The number of nitrogens with zero attached hydrogens (tertiary/aromatic N) is 1. The number of nitrogens with one attached hydrogen (secondary N) is 1. The Bertz CT molecular complexity index is 554. The van der Waals surface area contributed by atoms with E-state index in [4.69, 9.17) is 21.1 Å². The molecule has 5 N–H and O–H groups in total. The van der Waals surface area contributed by atoms with Crippen molar-refractivity contribution in [2.45, 2.75) is 49.9 Å². The van der Waals surface area contributed by atoms with Gasteiger partial charge in [0.1, 0.15) is 5.54 Å². The molecule has 4 unspecified atom stereocenters. The summed E-state index contributed by atoms with van der Waals surface area (Å²) in [5.41, 5.74) is 9.36. The third-order valence-electron chi connectivity index (χ3n) is 5.51. The normalized spacial score (nSPS) is 37.4. The monoisotopic (exact) mass is 406 g/mol. The second kappa shape index (κ2) is 8.24. The fourth-order valence-corrected chi connectivity index (χ4v) is 4.80. The van der Waals surface area contributed by atoms with Crippen LogP contribution in [-0.2, 0) is 19.3 Å². The molecule has 4 atom stereocenters. The molecular weight excluding hydrogens is 376 g/mol. The standard InChI is InChI=1S/C16H30N4O4S2/c1-5-8-19-16-11(2)14(17,6-9-25-3)12(21)23-20(16)24-13(22)15(16,18)7-10-26-4/h11,19H,5-10,17-18H2,1-4H3. The summed E-state index contributed by atoms with van der Waals surface area (Å²) in [4.78, 5) is 36.1. The van der Waals surface area contributed by atoms with Gasteiger partial charge in [-0.25, -0.2) is 9.59 Å². The summed E-state index contributed by atoms with van der Waals surface area (Å²) < 4.78 is 0. The Balaban J connectivity index is 2.54. The number of rotatable bonds is 9. The van der Waals surface area contributed by atoms with Crippen LogP contribution in [0.2, 0.25) is 0 Å². The number of carbonyl (C=O) groups is 2. The Morgan fingerprint density at radius 3 is 2.27 bits per heavy atom. The molecule has 150 valence electrons. The van der Waals surface area contributed by atoms with Gasteiger partial charge in [-0.2, -0.15) is 23.5 Å². The van der Waals surface area contributed by atoms with Gasteiger partial charge in [-0.15, -0.1) is 0 Å². The van der Waals surface area contributed by atoms with Crippen LogP contribution in [0, 0.1) is 5.92 Å². The first-order chi connectivity index (χ1) is 12.2. The predicted molar refractivity (Wildman–Crippen MR) is 104 cm³/mol. The summed E-state index contributed by atoms with van der Waals surface area (Å²) in [6.45, 7) is 4.43. The number of carbonyl (C=O) groups excluding carboxylic acids is 2. The van der Waals surface area contributed by atoms with E-state index in [9.17, 15) is 9.59 Å². The second-order valence-electron chi connectivity index (χ2n) is 6.93. The summed E-state index contributed by atoms with van der Waals surface area (Å²) >= 11 is 3.19. The molecule has 2 rings (SSSR count). The maximum Gasteiger partial charge on any atom is 0.352 e. The smallest absolute Gasteiger partial charge is 0.329 e. The van der Waals surface area contributed by atoms with E-state index >= 15 is 0 Å². The Labute approximate surface area is 163 Å². The molecule has 2 aliphatic rings. The van der Waals surface area contributed by atoms with Crippen molar-refractivity contribution in [2.24, 2.45) is 17.4 Å². The third kappa shape index (κ3) is 3.14. The van der Waals surface area contributed by atoms with Crippen molar-refractivity contribution >= 4 is 35.5 Å². The van der Waals surface area contributed by atoms with Gasteiger partial charge in [-0.05, 0) is 49.8 Å². The van der Waals surface area contributed by atoms with Crippen LogP contribution in [0.4, 0.5) is 0 Å². The summed E-state index contributed by atoms with van der Waals surface area (Å²) in [6.07, 6.45) is 5.51. The fraction of sp³-hybridized carbons (Fsp3) is 0.875. The van der Waals surface area contributed by atoms with Crippen molar-refractivity contribution in [3.8, 4) is 0 Å². The van der Waals surface area contributed by atoms with Crippen LogP contribution in [0.5, 0.6) is 0 Å². The van der Waals surface area contributed by atoms with Crippen molar-refractivity contribution in [3.05, 3.63) is 0 Å². The molecule has 0 aromatic carbocycles. The highest BCUT2D eigenvalue weighted by Gasteiger charge is 2.75. The first kappa shape index (κ1) is 21.8. The Hall–Kier alpha value is -0.520. The topological polar surface area (TPSA) is 120 Å². The number of fused-ring (bicyclic) bond motifs is 1. The largest absolute Gasteiger partial charge is 0.352 e. The lowest BCUT2D eigenvalue weighted by atomic mass is 9.66. The molecule has 0 radical (unpaired) electrons. The van der Waals surface area contributed by atoms with Gasteiger partial charge >= 0.3 is 11.9 Å². The molecule has 26 heavy (non-hydrogen) atoms. The van der Waals surface area contributed by atoms with Crippen molar-refractivity contribution in [1.29, 1.82) is 0 Å². The van der Waals surface area contributed by atoms with Crippen LogP contribution in [0.3, 0.4) is 0 Å². The van der Waals surface area contributed by atoms with E-state index in [0.29, 0.717) is 30.9 Å². The third-order valence-corrected chi connectivity index (χ3v) is 6.73. The lowest BCUT2D eigenvalue weighted by molar-refractivity contribution is -0.382. The van der Waals surface area contributed by atoms with E-state index < -0.39 is 34.6 Å². The summed E-state index contributed by atoms with van der Waals surface area (Å²) in [5.74, 6) is -0.360. The maximum atomic E-state index is 12.7. The Morgan fingerprint density at radius 2 is 1.69 bits per heavy atom. The highest BCUT2D eigenvalue weighted by Crippen LogP contribution is 2.49. The lowest BCUT2D eigenvalue weighted by Gasteiger charge is -2.54. The van der Waals surface area contributed by atoms with Crippen molar-refractivity contribution in [1.82, 2.24) is 10.5 Å². The van der Waals surface area contributed by atoms with E-state index in [1.165, 1.54) is 0 Å². The molecule has 2 saturated heterocycles. The van der Waals surface area contributed by atoms with E-state index in [1.807, 2.05) is 26.4 Å². The second-order valence-corrected chi connectivity index (χ2v) is 8.90. The zero-order valence-corrected chi connectivity index (χ0v) is 17.5. The quantitative estimate of drug-likeness (QED) is 0.498. The molecule has 0 saturated carbocycles. The molecule has 0 aromatic heterocycles. The van der Waals surface area contributed by atoms with Crippen LogP contribution in [-0.4, -0.2) is 64.5 Å². The van der Waals surface area contributed by atoms with Crippen LogP contribution in [0.25, 0.3) is 0 Å². The van der Waals surface area contributed by atoms with Crippen molar-refractivity contribution in [3.63, 3.8) is 0 Å². The van der Waals surface area contributed by atoms with Crippen LogP contribution in [0.1, 0.15) is 33.1 Å². The van der Waals surface area contributed by atoms with Crippen LogP contribution in [0.15, 0.2) is 0 Å². The molecule has 2 fully saturated rings. The minimum atomic E-state index is -1.38. The minimum absolute atomic E-state index is 0.376. The van der Waals surface area contributed by atoms with E-state index in [0.717, 1.165) is 11.6 Å². The first-order valence-corrected chi connectivity index (χ1v) is 11.6. The molecule has 2 aliphatic heterocycles. The fourth-order valence-electron chi connectivity index (χ4n) is 3.73. The van der Waals surface area contributed by atoms with Gasteiger partial charge < -0.3 is 21.1 Å². The highest BCUT2D eigenvalue weighted by atomic mass is 32.2. The number of hydroxylamine groups is 2. The number of hydrogen-bond acceptors (Lipinski definition) is 10. The van der Waals surface area contributed by atoms with Crippen LogP contribution < -0.4 is 16.8 Å². The number of nitrogens with two attached hydrogens (primary N) is 2. The molecule has 0 bridgehead atoms. The van der Waals surface area contributed by atoms with Gasteiger partial charge in [0.25, 0.3) is 0 Å². The summed E-state index contributed by atoms with van der Waals surface area (Å²) in [5, 5.41) is 4.34. The molecular formula is C16H30N4O4S2. The molecule has 0 spiro atoms. The first-order valence-electron chi connectivity index (χ1n) is 8.80. The van der Waals surface area contributed by atoms with E-state index in [2.05, 4.69) is 5.32 Å².